The summed E-state index contributed by atoms with van der Waals surface area (Å²) < 4.78 is 6.28. The van der Waals surface area contributed by atoms with E-state index in [1.165, 1.54) is 37.8 Å². The molecule has 0 bridgehead atoms. The maximum absolute atomic E-state index is 6.28. The van der Waals surface area contributed by atoms with Gasteiger partial charge in [-0.3, -0.25) is 0 Å². The standard InChI is InChI=1S/C45H31N3OSi/c1-50(2)40-16-8-6-13-36(40)42-37(14-9-17-41(42)50)45-47-43(30-21-18-29(19-22-30)32-23-20-28-10-3-4-11-31(28)26-32)46-44(48-45)33-24-25-35-34-12-5-7-15-38(34)49-39(35)27-33/h3-27H,1-2H3. The summed E-state index contributed by atoms with van der Waals surface area (Å²) in [5.74, 6) is 1.93. The van der Waals surface area contributed by atoms with Crippen LogP contribution in [0.2, 0.25) is 13.1 Å². The van der Waals surface area contributed by atoms with Gasteiger partial charge >= 0.3 is 0 Å². The van der Waals surface area contributed by atoms with E-state index in [0.717, 1.165) is 44.2 Å². The first-order valence-electron chi connectivity index (χ1n) is 17.0. The predicted molar refractivity (Wildman–Crippen MR) is 209 cm³/mol. The first kappa shape index (κ1) is 28.8. The van der Waals surface area contributed by atoms with Crippen LogP contribution in [-0.4, -0.2) is 23.0 Å². The molecule has 236 valence electrons. The van der Waals surface area contributed by atoms with Crippen LogP contribution in [0.5, 0.6) is 0 Å². The predicted octanol–water partition coefficient (Wildman–Crippen LogP) is 10.4. The fourth-order valence-electron chi connectivity index (χ4n) is 7.74. The van der Waals surface area contributed by atoms with Crippen LogP contribution in [0.25, 0.3) is 89.1 Å². The van der Waals surface area contributed by atoms with E-state index >= 15 is 0 Å². The molecule has 0 saturated carbocycles. The van der Waals surface area contributed by atoms with Crippen LogP contribution in [0.3, 0.4) is 0 Å². The van der Waals surface area contributed by atoms with Crippen molar-refractivity contribution in [2.24, 2.45) is 0 Å². The minimum Gasteiger partial charge on any atom is -0.456 e. The number of nitrogens with zero attached hydrogens (tertiary/aromatic N) is 3. The van der Waals surface area contributed by atoms with Gasteiger partial charge in [0.25, 0.3) is 0 Å². The second kappa shape index (κ2) is 10.9. The Labute approximate surface area is 290 Å². The van der Waals surface area contributed by atoms with E-state index in [1.54, 1.807) is 0 Å². The Hall–Kier alpha value is -6.17. The smallest absolute Gasteiger partial charge is 0.164 e. The molecule has 0 fully saturated rings. The van der Waals surface area contributed by atoms with Crippen molar-refractivity contribution in [3.8, 4) is 56.4 Å². The molecule has 2 aromatic heterocycles. The summed E-state index contributed by atoms with van der Waals surface area (Å²) in [6.45, 7) is 4.87. The van der Waals surface area contributed by atoms with Gasteiger partial charge in [0.1, 0.15) is 19.2 Å². The van der Waals surface area contributed by atoms with Gasteiger partial charge in [0.2, 0.25) is 0 Å². The first-order valence-corrected chi connectivity index (χ1v) is 20.0. The number of hydrogen-bond donors (Lipinski definition) is 0. The highest BCUT2D eigenvalue weighted by atomic mass is 28.3. The molecule has 5 heteroatoms. The Morgan fingerprint density at radius 3 is 1.92 bits per heavy atom. The van der Waals surface area contributed by atoms with Gasteiger partial charge in [0.05, 0.1) is 0 Å². The minimum absolute atomic E-state index is 0.617. The van der Waals surface area contributed by atoms with E-state index in [9.17, 15) is 0 Å². The molecule has 0 aliphatic carbocycles. The topological polar surface area (TPSA) is 51.8 Å². The van der Waals surface area contributed by atoms with Crippen LogP contribution >= 0.6 is 0 Å². The fraction of sp³-hybridized carbons (Fsp3) is 0.0444. The third kappa shape index (κ3) is 4.47. The molecule has 0 radical (unpaired) electrons. The normalized spacial score (nSPS) is 13.2. The van der Waals surface area contributed by atoms with Gasteiger partial charge in [-0.1, -0.05) is 140 Å². The molecule has 1 aliphatic heterocycles. The monoisotopic (exact) mass is 657 g/mol. The van der Waals surface area contributed by atoms with Gasteiger partial charge in [0.15, 0.2) is 17.5 Å². The molecule has 7 aromatic carbocycles. The van der Waals surface area contributed by atoms with Gasteiger partial charge in [-0.2, -0.15) is 0 Å². The van der Waals surface area contributed by atoms with Crippen molar-refractivity contribution >= 4 is 51.2 Å². The van der Waals surface area contributed by atoms with E-state index in [-0.39, 0.29) is 0 Å². The van der Waals surface area contributed by atoms with Crippen molar-refractivity contribution < 1.29 is 4.42 Å². The average Bonchev–Trinajstić information content (AvgIpc) is 3.66. The van der Waals surface area contributed by atoms with Gasteiger partial charge in [0, 0.05) is 27.5 Å². The van der Waals surface area contributed by atoms with Crippen molar-refractivity contribution in [3.63, 3.8) is 0 Å². The Morgan fingerprint density at radius 1 is 0.420 bits per heavy atom. The maximum atomic E-state index is 6.28. The second-order valence-electron chi connectivity index (χ2n) is 13.7. The number of aromatic nitrogens is 3. The van der Waals surface area contributed by atoms with Crippen LogP contribution in [0, 0.1) is 0 Å². The number of para-hydroxylation sites is 1. The van der Waals surface area contributed by atoms with Gasteiger partial charge in [-0.05, 0) is 67.7 Å². The molecule has 3 heterocycles. The van der Waals surface area contributed by atoms with E-state index in [1.807, 2.05) is 18.2 Å². The molecule has 50 heavy (non-hydrogen) atoms. The second-order valence-corrected chi connectivity index (χ2v) is 18.0. The number of hydrogen-bond acceptors (Lipinski definition) is 4. The van der Waals surface area contributed by atoms with Crippen molar-refractivity contribution in [1.29, 1.82) is 0 Å². The molecule has 0 N–H and O–H groups in total. The van der Waals surface area contributed by atoms with E-state index in [4.69, 9.17) is 19.4 Å². The zero-order chi connectivity index (χ0) is 33.4. The molecule has 0 unspecified atom stereocenters. The van der Waals surface area contributed by atoms with Gasteiger partial charge < -0.3 is 4.42 Å². The van der Waals surface area contributed by atoms with Crippen LogP contribution < -0.4 is 10.4 Å². The Balaban J connectivity index is 1.15. The summed E-state index contributed by atoms with van der Waals surface area (Å²) in [4.78, 5) is 15.5. The summed E-state index contributed by atoms with van der Waals surface area (Å²) in [6.07, 6.45) is 0. The molecule has 4 nitrogen and oxygen atoms in total. The highest BCUT2D eigenvalue weighted by molar-refractivity contribution is 7.04. The number of fused-ring (bicyclic) bond motifs is 7. The number of furan rings is 1. The van der Waals surface area contributed by atoms with Crippen molar-refractivity contribution in [3.05, 3.63) is 152 Å². The van der Waals surface area contributed by atoms with Crippen molar-refractivity contribution in [2.75, 3.05) is 0 Å². The van der Waals surface area contributed by atoms with Gasteiger partial charge in [-0.15, -0.1) is 0 Å². The SMILES string of the molecule is C[Si]1(C)c2ccccc2-c2c(-c3nc(-c4ccc(-c5ccc6ccccc6c5)cc4)nc(-c4ccc5c(c4)oc4ccccc45)n3)cccc21. The van der Waals surface area contributed by atoms with Crippen molar-refractivity contribution in [1.82, 2.24) is 15.0 Å². The van der Waals surface area contributed by atoms with E-state index < -0.39 is 8.07 Å². The first-order chi connectivity index (χ1) is 24.5. The number of rotatable bonds is 4. The van der Waals surface area contributed by atoms with Gasteiger partial charge in [-0.25, -0.2) is 15.0 Å². The lowest BCUT2D eigenvalue weighted by Crippen LogP contribution is -2.49. The zero-order valence-electron chi connectivity index (χ0n) is 27.7. The molecule has 0 atom stereocenters. The lowest BCUT2D eigenvalue weighted by Gasteiger charge is -2.18. The molecular weight excluding hydrogens is 627 g/mol. The van der Waals surface area contributed by atoms with Crippen molar-refractivity contribution in [2.45, 2.75) is 13.1 Å². The Morgan fingerprint density at radius 2 is 1.04 bits per heavy atom. The minimum atomic E-state index is -1.89. The van der Waals surface area contributed by atoms with E-state index in [2.05, 4.69) is 147 Å². The summed E-state index contributed by atoms with van der Waals surface area (Å²) in [5, 5.41) is 7.51. The fourth-order valence-corrected chi connectivity index (χ4v) is 10.8. The van der Waals surface area contributed by atoms with Crippen LogP contribution in [-0.2, 0) is 0 Å². The zero-order valence-corrected chi connectivity index (χ0v) is 28.7. The molecular formula is C45H31N3OSi. The Kier molecular flexibility index (Phi) is 6.29. The summed E-state index contributed by atoms with van der Waals surface area (Å²) in [7, 11) is -1.89. The molecule has 0 saturated heterocycles. The third-order valence-corrected chi connectivity index (χ3v) is 13.9. The molecule has 0 amide bonds. The summed E-state index contributed by atoms with van der Waals surface area (Å²) >= 11 is 0. The number of benzene rings is 7. The van der Waals surface area contributed by atoms with Crippen LogP contribution in [0.1, 0.15) is 0 Å². The summed E-state index contributed by atoms with van der Waals surface area (Å²) in [6, 6.07) is 53.5. The average molecular weight is 658 g/mol. The lowest BCUT2D eigenvalue weighted by atomic mass is 9.99. The van der Waals surface area contributed by atoms with E-state index in [0.29, 0.717) is 17.5 Å². The summed E-state index contributed by atoms with van der Waals surface area (Å²) in [5.41, 5.74) is 9.41. The molecule has 10 rings (SSSR count). The Bertz CT molecular complexity index is 2800. The van der Waals surface area contributed by atoms with Crippen LogP contribution in [0.4, 0.5) is 0 Å². The third-order valence-electron chi connectivity index (χ3n) is 10.3. The quantitative estimate of drug-likeness (QED) is 0.177. The molecule has 0 spiro atoms. The molecule has 1 aliphatic rings. The lowest BCUT2D eigenvalue weighted by molar-refractivity contribution is 0.669. The van der Waals surface area contributed by atoms with Crippen LogP contribution in [0.15, 0.2) is 156 Å². The maximum Gasteiger partial charge on any atom is 0.164 e. The highest BCUT2D eigenvalue weighted by Crippen LogP contribution is 2.37. The molecule has 9 aromatic rings. The highest BCUT2D eigenvalue weighted by Gasteiger charge is 2.38. The largest absolute Gasteiger partial charge is 0.456 e.